The Labute approximate surface area is 120 Å². The molecular formula is C13H21N3O3S. The van der Waals surface area contributed by atoms with Crippen LogP contribution in [0.4, 0.5) is 5.82 Å². The van der Waals surface area contributed by atoms with Gasteiger partial charge in [-0.2, -0.15) is 0 Å². The molecule has 6 nitrogen and oxygen atoms in total. The summed E-state index contributed by atoms with van der Waals surface area (Å²) in [6.45, 7) is 3.66. The van der Waals surface area contributed by atoms with Gasteiger partial charge < -0.3 is 10.1 Å². The number of sulfonamides is 1. The van der Waals surface area contributed by atoms with E-state index >= 15 is 0 Å². The average Bonchev–Trinajstić information content (AvgIpc) is 2.47. The van der Waals surface area contributed by atoms with Gasteiger partial charge in [0.2, 0.25) is 10.0 Å². The number of nitrogens with zero attached hydrogens (tertiary/aromatic N) is 1. The lowest BCUT2D eigenvalue weighted by Crippen LogP contribution is -2.35. The van der Waals surface area contributed by atoms with Crippen molar-refractivity contribution in [3.8, 4) is 0 Å². The highest BCUT2D eigenvalue weighted by Gasteiger charge is 2.19. The van der Waals surface area contributed by atoms with Crippen molar-refractivity contribution in [2.45, 2.75) is 37.2 Å². The summed E-state index contributed by atoms with van der Waals surface area (Å²) in [6, 6.07) is 3.03. The number of pyridine rings is 1. The van der Waals surface area contributed by atoms with Crippen molar-refractivity contribution in [3.63, 3.8) is 0 Å². The van der Waals surface area contributed by atoms with Crippen LogP contribution in [0.25, 0.3) is 0 Å². The molecule has 1 aliphatic heterocycles. The van der Waals surface area contributed by atoms with Crippen LogP contribution in [0.5, 0.6) is 0 Å². The summed E-state index contributed by atoms with van der Waals surface area (Å²) in [4.78, 5) is 4.29. The molecule has 1 aromatic heterocycles. The molecule has 1 fully saturated rings. The third-order valence-electron chi connectivity index (χ3n) is 3.17. The Morgan fingerprint density at radius 1 is 1.45 bits per heavy atom. The molecule has 0 radical (unpaired) electrons. The SMILES string of the molecule is CCNc1cc(S(=O)(=O)NCC2CCCCO2)ccn1. The zero-order valence-electron chi connectivity index (χ0n) is 11.6. The van der Waals surface area contributed by atoms with Crippen LogP contribution in [0.1, 0.15) is 26.2 Å². The molecule has 0 aromatic carbocycles. The van der Waals surface area contributed by atoms with Crippen LogP contribution < -0.4 is 10.0 Å². The molecule has 1 atom stereocenters. The zero-order chi connectivity index (χ0) is 14.4. The highest BCUT2D eigenvalue weighted by Crippen LogP contribution is 2.15. The van der Waals surface area contributed by atoms with Crippen molar-refractivity contribution >= 4 is 15.8 Å². The second-order valence-corrected chi connectivity index (χ2v) is 6.51. The van der Waals surface area contributed by atoms with Crippen molar-refractivity contribution in [1.29, 1.82) is 0 Å². The molecule has 20 heavy (non-hydrogen) atoms. The van der Waals surface area contributed by atoms with Gasteiger partial charge in [-0.05, 0) is 32.3 Å². The van der Waals surface area contributed by atoms with Gasteiger partial charge in [0.15, 0.2) is 0 Å². The van der Waals surface area contributed by atoms with Crippen molar-refractivity contribution in [2.75, 3.05) is 25.0 Å². The fourth-order valence-corrected chi connectivity index (χ4v) is 3.19. The summed E-state index contributed by atoms with van der Waals surface area (Å²) < 4.78 is 32.5. The van der Waals surface area contributed by atoms with Crippen LogP contribution in [0, 0.1) is 0 Å². The number of nitrogens with one attached hydrogen (secondary N) is 2. The van der Waals surface area contributed by atoms with E-state index in [9.17, 15) is 8.42 Å². The number of aromatic nitrogens is 1. The van der Waals surface area contributed by atoms with Gasteiger partial charge in [-0.1, -0.05) is 0 Å². The molecule has 0 saturated carbocycles. The Balaban J connectivity index is 2.00. The zero-order valence-corrected chi connectivity index (χ0v) is 12.4. The summed E-state index contributed by atoms with van der Waals surface area (Å²) >= 11 is 0. The molecule has 0 spiro atoms. The minimum Gasteiger partial charge on any atom is -0.377 e. The van der Waals surface area contributed by atoms with E-state index in [1.54, 1.807) is 0 Å². The summed E-state index contributed by atoms with van der Waals surface area (Å²) in [5.41, 5.74) is 0. The van der Waals surface area contributed by atoms with Gasteiger partial charge in [0, 0.05) is 32.0 Å². The van der Waals surface area contributed by atoms with Gasteiger partial charge in [-0.3, -0.25) is 0 Å². The fourth-order valence-electron chi connectivity index (χ4n) is 2.11. The Bertz CT molecular complexity index is 527. The van der Waals surface area contributed by atoms with Crippen LogP contribution >= 0.6 is 0 Å². The minimum atomic E-state index is -3.51. The predicted octanol–water partition coefficient (Wildman–Crippen LogP) is 1.36. The highest BCUT2D eigenvalue weighted by atomic mass is 32.2. The first-order valence-electron chi connectivity index (χ1n) is 6.93. The van der Waals surface area contributed by atoms with E-state index in [4.69, 9.17) is 4.74 Å². The van der Waals surface area contributed by atoms with E-state index in [2.05, 4.69) is 15.0 Å². The van der Waals surface area contributed by atoms with Gasteiger partial charge in [-0.15, -0.1) is 0 Å². The third kappa shape index (κ3) is 4.16. The average molecular weight is 299 g/mol. The summed E-state index contributed by atoms with van der Waals surface area (Å²) in [5.74, 6) is 0.560. The van der Waals surface area contributed by atoms with Crippen molar-refractivity contribution in [1.82, 2.24) is 9.71 Å². The number of hydrogen-bond acceptors (Lipinski definition) is 5. The molecule has 7 heteroatoms. The number of anilines is 1. The highest BCUT2D eigenvalue weighted by molar-refractivity contribution is 7.89. The lowest BCUT2D eigenvalue weighted by atomic mass is 10.1. The lowest BCUT2D eigenvalue weighted by molar-refractivity contribution is 0.0200. The molecule has 1 unspecified atom stereocenters. The van der Waals surface area contributed by atoms with E-state index in [-0.39, 0.29) is 11.0 Å². The molecule has 2 rings (SSSR count). The standard InChI is InChI=1S/C13H21N3O3S/c1-2-14-13-9-12(6-7-15-13)20(17,18)16-10-11-5-3-4-8-19-11/h6-7,9,11,16H,2-5,8,10H2,1H3,(H,14,15). The van der Waals surface area contributed by atoms with E-state index in [0.29, 0.717) is 25.5 Å². The first-order valence-corrected chi connectivity index (χ1v) is 8.41. The topological polar surface area (TPSA) is 80.3 Å². The molecule has 1 aliphatic rings. The molecule has 112 valence electrons. The minimum absolute atomic E-state index is 0.0198. The summed E-state index contributed by atoms with van der Waals surface area (Å²) in [6.07, 6.45) is 4.52. The Morgan fingerprint density at radius 3 is 3.00 bits per heavy atom. The van der Waals surface area contributed by atoms with E-state index in [1.165, 1.54) is 18.3 Å². The van der Waals surface area contributed by atoms with Crippen LogP contribution in [0.15, 0.2) is 23.2 Å². The molecule has 2 N–H and O–H groups in total. The Kier molecular flexibility index (Phi) is 5.33. The maximum Gasteiger partial charge on any atom is 0.240 e. The molecular weight excluding hydrogens is 278 g/mol. The van der Waals surface area contributed by atoms with Crippen LogP contribution in [-0.2, 0) is 14.8 Å². The molecule has 0 amide bonds. The van der Waals surface area contributed by atoms with Crippen LogP contribution in [0.3, 0.4) is 0 Å². The van der Waals surface area contributed by atoms with Gasteiger partial charge in [0.1, 0.15) is 5.82 Å². The smallest absolute Gasteiger partial charge is 0.240 e. The molecule has 1 saturated heterocycles. The second-order valence-electron chi connectivity index (χ2n) is 4.75. The quantitative estimate of drug-likeness (QED) is 0.829. The van der Waals surface area contributed by atoms with Crippen molar-refractivity contribution in [2.24, 2.45) is 0 Å². The maximum absolute atomic E-state index is 12.2. The maximum atomic E-state index is 12.2. The lowest BCUT2D eigenvalue weighted by Gasteiger charge is -2.22. The fraction of sp³-hybridized carbons (Fsp3) is 0.615. The Hall–Kier alpha value is -1.18. The number of ether oxygens (including phenoxy) is 1. The normalized spacial score (nSPS) is 19.8. The first-order chi connectivity index (χ1) is 9.62. The van der Waals surface area contributed by atoms with Crippen molar-refractivity contribution < 1.29 is 13.2 Å². The second kappa shape index (κ2) is 7.01. The predicted molar refractivity (Wildman–Crippen MR) is 77.2 cm³/mol. The number of hydrogen-bond donors (Lipinski definition) is 2. The van der Waals surface area contributed by atoms with Crippen LogP contribution in [-0.4, -0.2) is 39.2 Å². The van der Waals surface area contributed by atoms with E-state index in [1.807, 2.05) is 6.92 Å². The monoisotopic (exact) mass is 299 g/mol. The summed E-state index contributed by atoms with van der Waals surface area (Å²) in [7, 11) is -3.51. The largest absolute Gasteiger partial charge is 0.377 e. The number of rotatable bonds is 6. The van der Waals surface area contributed by atoms with Gasteiger partial charge in [0.05, 0.1) is 11.0 Å². The third-order valence-corrected chi connectivity index (χ3v) is 4.60. The van der Waals surface area contributed by atoms with E-state index < -0.39 is 10.0 Å². The van der Waals surface area contributed by atoms with E-state index in [0.717, 1.165) is 19.3 Å². The molecule has 0 aliphatic carbocycles. The summed E-state index contributed by atoms with van der Waals surface area (Å²) in [5, 5.41) is 3.00. The van der Waals surface area contributed by atoms with Gasteiger partial charge >= 0.3 is 0 Å². The molecule has 1 aromatic rings. The molecule has 2 heterocycles. The first kappa shape index (κ1) is 15.2. The van der Waals surface area contributed by atoms with Crippen LogP contribution in [0.2, 0.25) is 0 Å². The molecule has 0 bridgehead atoms. The van der Waals surface area contributed by atoms with Gasteiger partial charge in [0.25, 0.3) is 0 Å². The van der Waals surface area contributed by atoms with Gasteiger partial charge in [-0.25, -0.2) is 18.1 Å². The Morgan fingerprint density at radius 2 is 2.30 bits per heavy atom. The van der Waals surface area contributed by atoms with Crippen molar-refractivity contribution in [3.05, 3.63) is 18.3 Å².